The number of hydrogen-bond acceptors (Lipinski definition) is 7. The minimum atomic E-state index is -0.710. The van der Waals surface area contributed by atoms with Crippen LogP contribution in [0.15, 0.2) is 72.8 Å². The highest BCUT2D eigenvalue weighted by molar-refractivity contribution is 5.99. The van der Waals surface area contributed by atoms with E-state index in [0.717, 1.165) is 5.56 Å². The van der Waals surface area contributed by atoms with E-state index in [1.54, 1.807) is 79.7 Å². The number of carbonyl (C=O) groups is 3. The van der Waals surface area contributed by atoms with Crippen LogP contribution in [0.5, 0.6) is 17.2 Å². The SMILES string of the molecule is COc1ccc(C(=O)N(Cc2cccc(OC)c2)C2CC(C(=O)N3CCNCC3)N(C(=O)c3cccc(OC)c3)C2)cc1. The second-order valence-corrected chi connectivity index (χ2v) is 10.7. The van der Waals surface area contributed by atoms with Gasteiger partial charge in [-0.15, -0.1) is 0 Å². The number of rotatable bonds is 9. The van der Waals surface area contributed by atoms with E-state index in [9.17, 15) is 14.4 Å². The number of hydrogen-bond donors (Lipinski definition) is 1. The molecule has 2 unspecified atom stereocenters. The number of carbonyl (C=O) groups excluding carboxylic acids is 3. The maximum absolute atomic E-state index is 14.1. The van der Waals surface area contributed by atoms with Crippen LogP contribution in [0, 0.1) is 0 Å². The maximum atomic E-state index is 14.1. The van der Waals surface area contributed by atoms with Crippen molar-refractivity contribution < 1.29 is 28.6 Å². The third kappa shape index (κ3) is 6.75. The van der Waals surface area contributed by atoms with Gasteiger partial charge in [-0.05, 0) is 66.6 Å². The Morgan fingerprint density at radius 2 is 1.47 bits per heavy atom. The number of nitrogens with zero attached hydrogens (tertiary/aromatic N) is 3. The Kier molecular flexibility index (Phi) is 9.46. The van der Waals surface area contributed by atoms with E-state index >= 15 is 0 Å². The molecule has 2 aliphatic rings. The average Bonchev–Trinajstić information content (AvgIpc) is 3.52. The van der Waals surface area contributed by atoms with Crippen LogP contribution >= 0.6 is 0 Å². The van der Waals surface area contributed by atoms with Crippen LogP contribution in [0.1, 0.15) is 32.7 Å². The number of likely N-dealkylation sites (tertiary alicyclic amines) is 1. The lowest BCUT2D eigenvalue weighted by molar-refractivity contribution is -0.135. The molecule has 3 aromatic carbocycles. The van der Waals surface area contributed by atoms with Crippen LogP contribution < -0.4 is 19.5 Å². The molecule has 10 nitrogen and oxygen atoms in total. The topological polar surface area (TPSA) is 101 Å². The van der Waals surface area contributed by atoms with Crippen molar-refractivity contribution in [1.29, 1.82) is 0 Å². The monoisotopic (exact) mass is 586 g/mol. The van der Waals surface area contributed by atoms with E-state index in [0.29, 0.717) is 61.0 Å². The first-order valence-corrected chi connectivity index (χ1v) is 14.4. The molecule has 43 heavy (non-hydrogen) atoms. The largest absolute Gasteiger partial charge is 0.497 e. The van der Waals surface area contributed by atoms with Crippen LogP contribution in [0.25, 0.3) is 0 Å². The Morgan fingerprint density at radius 1 is 0.814 bits per heavy atom. The van der Waals surface area contributed by atoms with Crippen molar-refractivity contribution in [3.05, 3.63) is 89.5 Å². The third-order valence-electron chi connectivity index (χ3n) is 8.10. The standard InChI is InChI=1S/C33H38N4O6/c1-41-27-12-10-24(11-13-27)31(38)36(21-23-6-4-8-28(18-23)42-2)26-20-30(33(40)35-16-14-34-15-17-35)37(22-26)32(39)25-7-5-9-29(19-25)43-3/h4-13,18-19,26,30,34H,14-17,20-22H2,1-3H3. The summed E-state index contributed by atoms with van der Waals surface area (Å²) in [6.45, 7) is 3.03. The summed E-state index contributed by atoms with van der Waals surface area (Å²) < 4.78 is 16.1. The summed E-state index contributed by atoms with van der Waals surface area (Å²) >= 11 is 0. The van der Waals surface area contributed by atoms with E-state index in [-0.39, 0.29) is 30.8 Å². The molecule has 0 spiro atoms. The zero-order valence-corrected chi connectivity index (χ0v) is 24.8. The average molecular weight is 587 g/mol. The molecule has 0 bridgehead atoms. The number of methoxy groups -OCH3 is 3. The lowest BCUT2D eigenvalue weighted by Crippen LogP contribution is -2.53. The summed E-state index contributed by atoms with van der Waals surface area (Å²) in [7, 11) is 4.73. The van der Waals surface area contributed by atoms with E-state index in [2.05, 4.69) is 5.32 Å². The zero-order chi connectivity index (χ0) is 30.3. The summed E-state index contributed by atoms with van der Waals surface area (Å²) in [5.74, 6) is 1.32. The fraction of sp³-hybridized carbons (Fsp3) is 0.364. The molecule has 1 N–H and O–H groups in total. The second kappa shape index (κ2) is 13.6. The first-order valence-electron chi connectivity index (χ1n) is 14.4. The number of piperazine rings is 1. The highest BCUT2D eigenvalue weighted by Crippen LogP contribution is 2.30. The molecule has 0 saturated carbocycles. The number of nitrogens with one attached hydrogen (secondary N) is 1. The predicted molar refractivity (Wildman–Crippen MR) is 162 cm³/mol. The first kappa shape index (κ1) is 29.9. The fourth-order valence-electron chi connectivity index (χ4n) is 5.75. The second-order valence-electron chi connectivity index (χ2n) is 10.7. The lowest BCUT2D eigenvalue weighted by atomic mass is 10.1. The Balaban J connectivity index is 1.50. The molecule has 2 heterocycles. The Bertz CT molecular complexity index is 1440. The quantitative estimate of drug-likeness (QED) is 0.411. The van der Waals surface area contributed by atoms with Gasteiger partial charge >= 0.3 is 0 Å². The molecule has 2 aliphatic heterocycles. The summed E-state index contributed by atoms with van der Waals surface area (Å²) in [5, 5.41) is 3.28. The highest BCUT2D eigenvalue weighted by atomic mass is 16.5. The first-order chi connectivity index (χ1) is 20.9. The van der Waals surface area contributed by atoms with Gasteiger partial charge in [-0.1, -0.05) is 18.2 Å². The van der Waals surface area contributed by atoms with Crippen LogP contribution in [0.3, 0.4) is 0 Å². The van der Waals surface area contributed by atoms with Gasteiger partial charge < -0.3 is 34.2 Å². The van der Waals surface area contributed by atoms with Crippen LogP contribution in [-0.4, -0.2) is 98.6 Å². The molecular weight excluding hydrogens is 548 g/mol. The smallest absolute Gasteiger partial charge is 0.254 e. The van der Waals surface area contributed by atoms with Gasteiger partial charge in [0.25, 0.3) is 11.8 Å². The van der Waals surface area contributed by atoms with Gasteiger partial charge in [0.2, 0.25) is 5.91 Å². The number of benzene rings is 3. The van der Waals surface area contributed by atoms with Crippen molar-refractivity contribution in [3.63, 3.8) is 0 Å². The van der Waals surface area contributed by atoms with Crippen molar-refractivity contribution in [3.8, 4) is 17.2 Å². The summed E-state index contributed by atoms with van der Waals surface area (Å²) in [4.78, 5) is 47.3. The van der Waals surface area contributed by atoms with Crippen LogP contribution in [-0.2, 0) is 11.3 Å². The highest BCUT2D eigenvalue weighted by Gasteiger charge is 2.45. The fourth-order valence-corrected chi connectivity index (χ4v) is 5.75. The molecule has 2 atom stereocenters. The van der Waals surface area contributed by atoms with E-state index in [1.165, 1.54) is 0 Å². The molecule has 10 heteroatoms. The van der Waals surface area contributed by atoms with E-state index < -0.39 is 12.1 Å². The number of ether oxygens (including phenoxy) is 3. The van der Waals surface area contributed by atoms with Crippen molar-refractivity contribution in [1.82, 2.24) is 20.0 Å². The molecule has 2 saturated heterocycles. The third-order valence-corrected chi connectivity index (χ3v) is 8.10. The van der Waals surface area contributed by atoms with Crippen LogP contribution in [0.2, 0.25) is 0 Å². The van der Waals surface area contributed by atoms with Crippen molar-refractivity contribution in [2.45, 2.75) is 25.0 Å². The molecule has 0 aliphatic carbocycles. The molecule has 3 aromatic rings. The van der Waals surface area contributed by atoms with Gasteiger partial charge in [0.15, 0.2) is 0 Å². The van der Waals surface area contributed by atoms with Gasteiger partial charge in [-0.25, -0.2) is 0 Å². The van der Waals surface area contributed by atoms with Crippen LogP contribution in [0.4, 0.5) is 0 Å². The Morgan fingerprint density at radius 3 is 2.14 bits per heavy atom. The zero-order valence-electron chi connectivity index (χ0n) is 24.8. The molecule has 0 aromatic heterocycles. The van der Waals surface area contributed by atoms with E-state index in [1.807, 2.05) is 29.2 Å². The molecule has 3 amide bonds. The molecule has 226 valence electrons. The van der Waals surface area contributed by atoms with Crippen molar-refractivity contribution in [2.75, 3.05) is 54.1 Å². The maximum Gasteiger partial charge on any atom is 0.254 e. The minimum Gasteiger partial charge on any atom is -0.497 e. The van der Waals surface area contributed by atoms with E-state index in [4.69, 9.17) is 14.2 Å². The molecule has 5 rings (SSSR count). The molecule has 0 radical (unpaired) electrons. The van der Waals surface area contributed by atoms with Crippen molar-refractivity contribution >= 4 is 17.7 Å². The van der Waals surface area contributed by atoms with Gasteiger partial charge in [0.1, 0.15) is 23.3 Å². The molecule has 2 fully saturated rings. The summed E-state index contributed by atoms with van der Waals surface area (Å²) in [5.41, 5.74) is 1.80. The van der Waals surface area contributed by atoms with Gasteiger partial charge in [0, 0.05) is 50.4 Å². The van der Waals surface area contributed by atoms with Gasteiger partial charge in [-0.3, -0.25) is 14.4 Å². The summed E-state index contributed by atoms with van der Waals surface area (Å²) in [6.07, 6.45) is 0.324. The van der Waals surface area contributed by atoms with Gasteiger partial charge in [0.05, 0.1) is 27.4 Å². The normalized spacial score (nSPS) is 18.2. The Hall–Kier alpha value is -4.57. The van der Waals surface area contributed by atoms with Crippen molar-refractivity contribution in [2.24, 2.45) is 0 Å². The molecular formula is C33H38N4O6. The summed E-state index contributed by atoms with van der Waals surface area (Å²) in [6, 6.07) is 20.4. The predicted octanol–water partition coefficient (Wildman–Crippen LogP) is 3.07. The lowest BCUT2D eigenvalue weighted by Gasteiger charge is -2.32. The Labute approximate surface area is 252 Å². The number of amides is 3. The van der Waals surface area contributed by atoms with Gasteiger partial charge in [-0.2, -0.15) is 0 Å². The minimum absolute atomic E-state index is 0.0986.